The van der Waals surface area contributed by atoms with Crippen molar-refractivity contribution in [2.75, 3.05) is 0 Å². The van der Waals surface area contributed by atoms with Crippen molar-refractivity contribution in [1.82, 2.24) is 19.7 Å². The molecule has 4 nitrogen and oxygen atoms in total. The maximum absolute atomic E-state index is 4.67. The summed E-state index contributed by atoms with van der Waals surface area (Å²) < 4.78 is 1.88. The number of nitrogens with one attached hydrogen (secondary N) is 1. The Morgan fingerprint density at radius 3 is 2.83 bits per heavy atom. The van der Waals surface area contributed by atoms with E-state index in [0.29, 0.717) is 0 Å². The number of para-hydroxylation sites is 1. The SMILES string of the molecule is CCc1cc(-c2nc3c(C)cccc3[nH]2)n(C)n1. The van der Waals surface area contributed by atoms with Crippen molar-refractivity contribution in [2.24, 2.45) is 7.05 Å². The van der Waals surface area contributed by atoms with Gasteiger partial charge in [-0.05, 0) is 31.0 Å². The van der Waals surface area contributed by atoms with E-state index in [1.807, 2.05) is 17.8 Å². The molecule has 0 fully saturated rings. The molecule has 4 heteroatoms. The van der Waals surface area contributed by atoms with E-state index in [1.165, 1.54) is 5.56 Å². The van der Waals surface area contributed by atoms with Crippen LogP contribution in [0.25, 0.3) is 22.6 Å². The summed E-state index contributed by atoms with van der Waals surface area (Å²) in [5.41, 5.74) is 5.41. The number of fused-ring (bicyclic) bond motifs is 1. The minimum Gasteiger partial charge on any atom is -0.337 e. The third-order valence-corrected chi connectivity index (χ3v) is 3.25. The lowest BCUT2D eigenvalue weighted by molar-refractivity contribution is 0.749. The van der Waals surface area contributed by atoms with Crippen molar-refractivity contribution in [2.45, 2.75) is 20.3 Å². The zero-order valence-electron chi connectivity index (χ0n) is 10.9. The number of nitrogens with zero attached hydrogens (tertiary/aromatic N) is 3. The van der Waals surface area contributed by atoms with Gasteiger partial charge in [0, 0.05) is 7.05 Å². The van der Waals surface area contributed by atoms with Gasteiger partial charge in [-0.1, -0.05) is 19.1 Å². The molecule has 0 saturated heterocycles. The van der Waals surface area contributed by atoms with Crippen LogP contribution in [0.2, 0.25) is 0 Å². The molecule has 0 radical (unpaired) electrons. The fourth-order valence-corrected chi connectivity index (χ4v) is 2.22. The second kappa shape index (κ2) is 3.98. The molecule has 2 aromatic heterocycles. The zero-order chi connectivity index (χ0) is 12.7. The largest absolute Gasteiger partial charge is 0.337 e. The summed E-state index contributed by atoms with van der Waals surface area (Å²) in [6, 6.07) is 8.26. The normalized spacial score (nSPS) is 11.3. The number of benzene rings is 1. The molecule has 0 unspecified atom stereocenters. The van der Waals surface area contributed by atoms with Gasteiger partial charge in [0.2, 0.25) is 0 Å². The van der Waals surface area contributed by atoms with Gasteiger partial charge in [0.1, 0.15) is 5.69 Å². The topological polar surface area (TPSA) is 46.5 Å². The molecule has 2 heterocycles. The zero-order valence-corrected chi connectivity index (χ0v) is 10.9. The quantitative estimate of drug-likeness (QED) is 0.748. The molecule has 18 heavy (non-hydrogen) atoms. The van der Waals surface area contributed by atoms with Crippen molar-refractivity contribution in [3.63, 3.8) is 0 Å². The fraction of sp³-hybridized carbons (Fsp3) is 0.286. The standard InChI is InChI=1S/C14H16N4/c1-4-10-8-12(18(3)17-10)14-15-11-7-5-6-9(2)13(11)16-14/h5-8H,4H2,1-3H3,(H,15,16). The van der Waals surface area contributed by atoms with Crippen molar-refractivity contribution < 1.29 is 0 Å². The lowest BCUT2D eigenvalue weighted by Gasteiger charge is -1.95. The molecular weight excluding hydrogens is 224 g/mol. The van der Waals surface area contributed by atoms with Gasteiger partial charge in [-0.2, -0.15) is 5.10 Å². The molecule has 0 aliphatic rings. The number of imidazole rings is 1. The minimum atomic E-state index is 0.883. The monoisotopic (exact) mass is 240 g/mol. The summed E-state index contributed by atoms with van der Waals surface area (Å²) in [6.45, 7) is 4.18. The number of aromatic nitrogens is 4. The van der Waals surface area contributed by atoms with Crippen LogP contribution < -0.4 is 0 Å². The van der Waals surface area contributed by atoms with Crippen LogP contribution in [-0.2, 0) is 13.5 Å². The first kappa shape index (κ1) is 11.0. The smallest absolute Gasteiger partial charge is 0.156 e. The molecule has 0 saturated carbocycles. The van der Waals surface area contributed by atoms with E-state index in [0.717, 1.165) is 34.7 Å². The van der Waals surface area contributed by atoms with Gasteiger partial charge in [-0.15, -0.1) is 0 Å². The van der Waals surface area contributed by atoms with Crippen LogP contribution >= 0.6 is 0 Å². The molecule has 0 amide bonds. The Morgan fingerprint density at radius 2 is 2.17 bits per heavy atom. The number of hydrogen-bond donors (Lipinski definition) is 1. The Hall–Kier alpha value is -2.10. The van der Waals surface area contributed by atoms with Crippen molar-refractivity contribution in [1.29, 1.82) is 0 Å². The van der Waals surface area contributed by atoms with E-state index < -0.39 is 0 Å². The van der Waals surface area contributed by atoms with E-state index in [2.05, 4.69) is 47.1 Å². The lowest BCUT2D eigenvalue weighted by atomic mass is 10.2. The highest BCUT2D eigenvalue weighted by Gasteiger charge is 2.11. The van der Waals surface area contributed by atoms with E-state index >= 15 is 0 Å². The van der Waals surface area contributed by atoms with Gasteiger partial charge in [-0.25, -0.2) is 4.98 Å². The van der Waals surface area contributed by atoms with Gasteiger partial charge in [0.25, 0.3) is 0 Å². The summed E-state index contributed by atoms with van der Waals surface area (Å²) in [6.07, 6.45) is 0.938. The minimum absolute atomic E-state index is 0.883. The predicted octanol–water partition coefficient (Wildman–Crippen LogP) is 2.83. The highest BCUT2D eigenvalue weighted by atomic mass is 15.3. The maximum Gasteiger partial charge on any atom is 0.156 e. The molecule has 0 bridgehead atoms. The van der Waals surface area contributed by atoms with Crippen LogP contribution in [0.5, 0.6) is 0 Å². The predicted molar refractivity (Wildman–Crippen MR) is 72.4 cm³/mol. The molecule has 1 aromatic carbocycles. The van der Waals surface area contributed by atoms with Gasteiger partial charge in [0.15, 0.2) is 5.82 Å². The molecule has 1 N–H and O–H groups in total. The van der Waals surface area contributed by atoms with E-state index in [1.54, 1.807) is 0 Å². The van der Waals surface area contributed by atoms with Crippen molar-refractivity contribution in [3.05, 3.63) is 35.5 Å². The Balaban J connectivity index is 2.19. The van der Waals surface area contributed by atoms with E-state index in [4.69, 9.17) is 0 Å². The third-order valence-electron chi connectivity index (χ3n) is 3.25. The average Bonchev–Trinajstić information content (AvgIpc) is 2.93. The second-order valence-electron chi connectivity index (χ2n) is 4.55. The number of aryl methyl sites for hydroxylation is 3. The summed E-state index contributed by atoms with van der Waals surface area (Å²) >= 11 is 0. The highest BCUT2D eigenvalue weighted by molar-refractivity contribution is 5.81. The van der Waals surface area contributed by atoms with E-state index in [-0.39, 0.29) is 0 Å². The van der Waals surface area contributed by atoms with Crippen LogP contribution in [0.15, 0.2) is 24.3 Å². The Bertz CT molecular complexity index is 706. The van der Waals surface area contributed by atoms with Crippen molar-refractivity contribution >= 4 is 11.0 Å². The Labute approximate surface area is 106 Å². The average molecular weight is 240 g/mol. The molecular formula is C14H16N4. The fourth-order valence-electron chi connectivity index (χ4n) is 2.22. The molecule has 3 aromatic rings. The number of rotatable bonds is 2. The van der Waals surface area contributed by atoms with Crippen LogP contribution in [0.4, 0.5) is 0 Å². The number of hydrogen-bond acceptors (Lipinski definition) is 2. The van der Waals surface area contributed by atoms with Gasteiger partial charge in [-0.3, -0.25) is 4.68 Å². The van der Waals surface area contributed by atoms with Gasteiger partial charge in [0.05, 0.1) is 16.7 Å². The lowest BCUT2D eigenvalue weighted by Crippen LogP contribution is -1.95. The summed E-state index contributed by atoms with van der Waals surface area (Å²) in [7, 11) is 1.95. The molecule has 0 aliphatic carbocycles. The second-order valence-corrected chi connectivity index (χ2v) is 4.55. The Morgan fingerprint density at radius 1 is 1.33 bits per heavy atom. The maximum atomic E-state index is 4.67. The highest BCUT2D eigenvalue weighted by Crippen LogP contribution is 2.22. The van der Waals surface area contributed by atoms with Crippen LogP contribution in [0.3, 0.4) is 0 Å². The van der Waals surface area contributed by atoms with Gasteiger partial charge >= 0.3 is 0 Å². The van der Waals surface area contributed by atoms with Crippen LogP contribution in [0, 0.1) is 6.92 Å². The summed E-state index contributed by atoms with van der Waals surface area (Å²) in [5, 5.41) is 4.45. The first-order chi connectivity index (χ1) is 8.69. The Kier molecular flexibility index (Phi) is 2.44. The summed E-state index contributed by atoms with van der Waals surface area (Å²) in [4.78, 5) is 8.03. The molecule has 3 rings (SSSR count). The van der Waals surface area contributed by atoms with Crippen molar-refractivity contribution in [3.8, 4) is 11.5 Å². The number of aromatic amines is 1. The molecule has 0 spiro atoms. The molecule has 0 aliphatic heterocycles. The van der Waals surface area contributed by atoms with Crippen LogP contribution in [-0.4, -0.2) is 19.7 Å². The van der Waals surface area contributed by atoms with Crippen LogP contribution in [0.1, 0.15) is 18.2 Å². The molecule has 0 atom stereocenters. The van der Waals surface area contributed by atoms with E-state index in [9.17, 15) is 0 Å². The number of H-pyrrole nitrogens is 1. The molecule has 92 valence electrons. The third kappa shape index (κ3) is 1.61. The summed E-state index contributed by atoms with van der Waals surface area (Å²) in [5.74, 6) is 0.883. The van der Waals surface area contributed by atoms with Gasteiger partial charge < -0.3 is 4.98 Å². The first-order valence-electron chi connectivity index (χ1n) is 6.17. The first-order valence-corrected chi connectivity index (χ1v) is 6.17.